The van der Waals surface area contributed by atoms with E-state index in [1.165, 1.54) is 18.6 Å². The maximum Gasteiger partial charge on any atom is 0.264 e. The van der Waals surface area contributed by atoms with Gasteiger partial charge < -0.3 is 14.5 Å². The molecule has 49 heavy (non-hydrogen) atoms. The van der Waals surface area contributed by atoms with Crippen LogP contribution in [0, 0.1) is 19.8 Å². The van der Waals surface area contributed by atoms with Crippen LogP contribution in [-0.2, 0) is 16.6 Å². The summed E-state index contributed by atoms with van der Waals surface area (Å²) in [4.78, 5) is 37.1. The number of ether oxygens (including phenoxy) is 1. The van der Waals surface area contributed by atoms with E-state index < -0.39 is 10.0 Å². The minimum absolute atomic E-state index is 0.0570. The lowest BCUT2D eigenvalue weighted by Gasteiger charge is -2.39. The Hall–Kier alpha value is -4.58. The van der Waals surface area contributed by atoms with E-state index in [4.69, 9.17) is 9.72 Å². The lowest BCUT2D eigenvalue weighted by molar-refractivity contribution is 0.0527. The fourth-order valence-corrected chi connectivity index (χ4v) is 8.30. The first kappa shape index (κ1) is 32.9. The SMILES string of the molecule is Cc1cccc(C)c1-c1cc2nc(n1)NS(=O)(=O)c1cccc(c1)C(=O)N(Cc1cncc(N3CC[C@H]3C)n1)[C@H](CC1CCCCC1)CO2. The third-order valence-electron chi connectivity index (χ3n) is 10.1. The van der Waals surface area contributed by atoms with Gasteiger partial charge in [0.05, 0.1) is 41.3 Å². The number of fused-ring (bicyclic) bond motifs is 4. The van der Waals surface area contributed by atoms with Crippen LogP contribution in [-0.4, -0.2) is 64.4 Å². The van der Waals surface area contributed by atoms with Crippen molar-refractivity contribution in [2.45, 2.75) is 89.2 Å². The molecule has 2 aliphatic heterocycles. The van der Waals surface area contributed by atoms with Gasteiger partial charge in [-0.15, -0.1) is 0 Å². The molecule has 256 valence electrons. The number of aryl methyl sites for hydroxylation is 2. The number of amides is 1. The van der Waals surface area contributed by atoms with Gasteiger partial charge in [0.25, 0.3) is 15.9 Å². The highest BCUT2D eigenvalue weighted by molar-refractivity contribution is 7.92. The number of benzene rings is 2. The van der Waals surface area contributed by atoms with E-state index in [1.807, 2.05) is 32.0 Å². The fourth-order valence-electron chi connectivity index (χ4n) is 7.31. The summed E-state index contributed by atoms with van der Waals surface area (Å²) in [5.41, 5.74) is 4.34. The van der Waals surface area contributed by atoms with Crippen molar-refractivity contribution in [3.63, 3.8) is 0 Å². The van der Waals surface area contributed by atoms with E-state index in [0.29, 0.717) is 23.3 Å². The lowest BCUT2D eigenvalue weighted by Crippen LogP contribution is -2.47. The molecule has 0 radical (unpaired) electrons. The molecule has 3 aliphatic rings. The van der Waals surface area contributed by atoms with Crippen LogP contribution < -0.4 is 14.4 Å². The van der Waals surface area contributed by atoms with E-state index in [0.717, 1.165) is 67.6 Å². The van der Waals surface area contributed by atoms with Crippen molar-refractivity contribution in [3.8, 4) is 17.1 Å². The lowest BCUT2D eigenvalue weighted by atomic mass is 9.84. The predicted octanol–water partition coefficient (Wildman–Crippen LogP) is 6.32. The summed E-state index contributed by atoms with van der Waals surface area (Å²) in [6.45, 7) is 7.42. The zero-order chi connectivity index (χ0) is 34.1. The zero-order valence-corrected chi connectivity index (χ0v) is 29.1. The molecule has 12 heteroatoms. The van der Waals surface area contributed by atoms with Crippen molar-refractivity contribution in [3.05, 3.63) is 83.3 Å². The predicted molar refractivity (Wildman–Crippen MR) is 188 cm³/mol. The Morgan fingerprint density at radius 1 is 0.939 bits per heavy atom. The third-order valence-corrected chi connectivity index (χ3v) is 11.5. The molecule has 7 rings (SSSR count). The van der Waals surface area contributed by atoms with Gasteiger partial charge in [-0.05, 0) is 68.9 Å². The largest absolute Gasteiger partial charge is 0.475 e. The minimum atomic E-state index is -4.16. The molecule has 2 aromatic heterocycles. The van der Waals surface area contributed by atoms with Gasteiger partial charge in [-0.1, -0.05) is 56.4 Å². The summed E-state index contributed by atoms with van der Waals surface area (Å²) in [7, 11) is -4.16. The number of hydrogen-bond acceptors (Lipinski definition) is 9. The van der Waals surface area contributed by atoms with E-state index in [2.05, 4.69) is 31.5 Å². The van der Waals surface area contributed by atoms with Crippen molar-refractivity contribution in [1.82, 2.24) is 24.8 Å². The summed E-state index contributed by atoms with van der Waals surface area (Å²) in [5, 5.41) is 0. The van der Waals surface area contributed by atoms with Gasteiger partial charge in [-0.25, -0.2) is 23.1 Å². The summed E-state index contributed by atoms with van der Waals surface area (Å²) in [6.07, 6.45) is 11.0. The fraction of sp³-hybridized carbons (Fsp3) is 0.432. The van der Waals surface area contributed by atoms with Crippen LogP contribution in [0.25, 0.3) is 11.3 Å². The number of aromatic nitrogens is 4. The second-order valence-corrected chi connectivity index (χ2v) is 15.3. The zero-order valence-electron chi connectivity index (χ0n) is 28.3. The number of rotatable bonds is 6. The molecule has 4 aromatic rings. The Labute approximate surface area is 288 Å². The summed E-state index contributed by atoms with van der Waals surface area (Å²) < 4.78 is 36.5. The molecular formula is C37H43N7O4S. The number of nitrogens with one attached hydrogen (secondary N) is 1. The quantitative estimate of drug-likeness (QED) is 0.248. The average molecular weight is 682 g/mol. The highest BCUT2D eigenvalue weighted by atomic mass is 32.2. The number of anilines is 2. The molecule has 1 N–H and O–H groups in total. The number of nitrogens with zero attached hydrogens (tertiary/aromatic N) is 6. The van der Waals surface area contributed by atoms with Gasteiger partial charge in [0.2, 0.25) is 11.8 Å². The maximum atomic E-state index is 14.6. The Morgan fingerprint density at radius 2 is 1.71 bits per heavy atom. The topological polar surface area (TPSA) is 131 Å². The van der Waals surface area contributed by atoms with Crippen LogP contribution in [0.3, 0.4) is 0 Å². The molecule has 0 unspecified atom stereocenters. The Morgan fingerprint density at radius 3 is 2.45 bits per heavy atom. The monoisotopic (exact) mass is 681 g/mol. The molecular weight excluding hydrogens is 639 g/mol. The van der Waals surface area contributed by atoms with Crippen molar-refractivity contribution in [2.24, 2.45) is 5.92 Å². The smallest absolute Gasteiger partial charge is 0.264 e. The van der Waals surface area contributed by atoms with Crippen molar-refractivity contribution < 1.29 is 17.9 Å². The molecule has 1 saturated carbocycles. The Bertz CT molecular complexity index is 1940. The molecule has 4 bridgehead atoms. The summed E-state index contributed by atoms with van der Waals surface area (Å²) >= 11 is 0. The minimum Gasteiger partial charge on any atom is -0.475 e. The van der Waals surface area contributed by atoms with Crippen LogP contribution in [0.4, 0.5) is 11.8 Å². The third kappa shape index (κ3) is 7.10. The van der Waals surface area contributed by atoms with Gasteiger partial charge in [-0.2, -0.15) is 4.98 Å². The van der Waals surface area contributed by atoms with Gasteiger partial charge in [0.15, 0.2) is 0 Å². The number of carbonyl (C=O) groups is 1. The number of carbonyl (C=O) groups excluding carboxylic acids is 1. The first-order valence-electron chi connectivity index (χ1n) is 17.2. The average Bonchev–Trinajstić information content (AvgIpc) is 3.08. The van der Waals surface area contributed by atoms with Crippen molar-refractivity contribution in [2.75, 3.05) is 22.8 Å². The highest BCUT2D eigenvalue weighted by Crippen LogP contribution is 2.33. The molecule has 11 nitrogen and oxygen atoms in total. The molecule has 0 spiro atoms. The summed E-state index contributed by atoms with van der Waals surface area (Å²) in [5.74, 6) is 1.05. The molecule has 2 aromatic carbocycles. The van der Waals surface area contributed by atoms with E-state index in [9.17, 15) is 13.2 Å². The van der Waals surface area contributed by atoms with Crippen LogP contribution in [0.5, 0.6) is 5.88 Å². The van der Waals surface area contributed by atoms with Crippen LogP contribution in [0.15, 0.2) is 65.8 Å². The van der Waals surface area contributed by atoms with Crippen molar-refractivity contribution in [1.29, 1.82) is 0 Å². The molecule has 4 heterocycles. The molecule has 1 amide bonds. The maximum absolute atomic E-state index is 14.6. The second-order valence-electron chi connectivity index (χ2n) is 13.7. The molecule has 1 aliphatic carbocycles. The van der Waals surface area contributed by atoms with Gasteiger partial charge >= 0.3 is 0 Å². The normalized spacial score (nSPS) is 21.0. The molecule has 1 saturated heterocycles. The highest BCUT2D eigenvalue weighted by Gasteiger charge is 2.32. The first-order chi connectivity index (χ1) is 23.6. The van der Waals surface area contributed by atoms with Gasteiger partial charge in [0, 0.05) is 29.8 Å². The van der Waals surface area contributed by atoms with E-state index in [-0.39, 0.29) is 47.4 Å². The molecule has 2 fully saturated rings. The van der Waals surface area contributed by atoms with E-state index >= 15 is 0 Å². The number of hydrogen-bond donors (Lipinski definition) is 1. The summed E-state index contributed by atoms with van der Waals surface area (Å²) in [6, 6.07) is 13.9. The van der Waals surface area contributed by atoms with Crippen LogP contribution in [0.1, 0.15) is 79.0 Å². The van der Waals surface area contributed by atoms with Gasteiger partial charge in [-0.3, -0.25) is 9.78 Å². The number of sulfonamides is 1. The Kier molecular flexibility index (Phi) is 9.23. The van der Waals surface area contributed by atoms with Crippen LogP contribution in [0.2, 0.25) is 0 Å². The van der Waals surface area contributed by atoms with Crippen molar-refractivity contribution >= 4 is 27.7 Å². The first-order valence-corrected chi connectivity index (χ1v) is 18.7. The second kappa shape index (κ2) is 13.7. The Balaban J connectivity index is 1.33. The van der Waals surface area contributed by atoms with Crippen LogP contribution >= 0.6 is 0 Å². The van der Waals surface area contributed by atoms with E-state index in [1.54, 1.807) is 35.5 Å². The standard InChI is InChI=1S/C37H43N7O4S/c1-24-9-7-10-25(2)35(24)32-19-34-41-37(40-32)42-49(46,47)31-14-8-13-28(18-31)36(45)44(30(23-48-34)17-27-11-5-4-6-12-27)22-29-20-38-21-33(39-29)43-16-15-26(43)3/h7-10,13-14,18-21,26-27,30H,4-6,11-12,15-17,22-23H2,1-3H3,(H,40,41,42)/t26-,30-/m1/s1. The molecule has 2 atom stereocenters. The van der Waals surface area contributed by atoms with Gasteiger partial charge in [0.1, 0.15) is 12.4 Å².